The lowest BCUT2D eigenvalue weighted by atomic mass is 10.0. The van der Waals surface area contributed by atoms with E-state index in [2.05, 4.69) is 4.90 Å². The minimum absolute atomic E-state index is 0.0537. The monoisotopic (exact) mass is 523 g/mol. The van der Waals surface area contributed by atoms with Crippen molar-refractivity contribution >= 4 is 17.4 Å². The van der Waals surface area contributed by atoms with Gasteiger partial charge in [-0.2, -0.15) is 0 Å². The number of benzene rings is 3. The van der Waals surface area contributed by atoms with Gasteiger partial charge < -0.3 is 14.5 Å². The number of methoxy groups -OCH3 is 1. The zero-order valence-electron chi connectivity index (χ0n) is 21.9. The van der Waals surface area contributed by atoms with Crippen LogP contribution in [-0.2, 0) is 6.42 Å². The molecule has 0 bridgehead atoms. The Hall–Kier alpha value is -4.79. The van der Waals surface area contributed by atoms with Crippen LogP contribution in [0, 0.1) is 17.0 Å². The van der Waals surface area contributed by atoms with E-state index in [1.807, 2.05) is 54.3 Å². The van der Waals surface area contributed by atoms with Crippen molar-refractivity contribution in [1.82, 2.24) is 14.9 Å². The summed E-state index contributed by atoms with van der Waals surface area (Å²) in [6.45, 7) is 4.27. The SMILES string of the molecule is COc1ccccc1C(=O)N1CCN(c2nc(-c3ccccc3)nc(C)c2Cc2ccc([N+](=O)[O-])cc2)CC1. The van der Waals surface area contributed by atoms with Gasteiger partial charge in [-0.25, -0.2) is 9.97 Å². The average molecular weight is 524 g/mol. The second kappa shape index (κ2) is 11.3. The van der Waals surface area contributed by atoms with Gasteiger partial charge in [-0.3, -0.25) is 14.9 Å². The van der Waals surface area contributed by atoms with Crippen LogP contribution in [0.4, 0.5) is 11.5 Å². The van der Waals surface area contributed by atoms with Gasteiger partial charge in [0.25, 0.3) is 11.6 Å². The minimum Gasteiger partial charge on any atom is -0.496 e. The summed E-state index contributed by atoms with van der Waals surface area (Å²) < 4.78 is 5.40. The van der Waals surface area contributed by atoms with Crippen molar-refractivity contribution in [1.29, 1.82) is 0 Å². The lowest BCUT2D eigenvalue weighted by molar-refractivity contribution is -0.384. The summed E-state index contributed by atoms with van der Waals surface area (Å²) in [4.78, 5) is 37.8. The van der Waals surface area contributed by atoms with E-state index in [1.54, 1.807) is 31.4 Å². The molecule has 1 aliphatic heterocycles. The van der Waals surface area contributed by atoms with E-state index in [0.717, 1.165) is 28.2 Å². The third-order valence-electron chi connectivity index (χ3n) is 6.96. The Morgan fingerprint density at radius 2 is 1.59 bits per heavy atom. The van der Waals surface area contributed by atoms with E-state index in [4.69, 9.17) is 14.7 Å². The number of non-ortho nitro benzene ring substituents is 1. The third kappa shape index (κ3) is 5.57. The number of aryl methyl sites for hydroxylation is 1. The Balaban J connectivity index is 1.44. The van der Waals surface area contributed by atoms with Crippen LogP contribution in [0.1, 0.15) is 27.2 Å². The molecule has 1 saturated heterocycles. The van der Waals surface area contributed by atoms with Crippen molar-refractivity contribution in [3.05, 3.63) is 111 Å². The molecule has 0 saturated carbocycles. The summed E-state index contributed by atoms with van der Waals surface area (Å²) in [6, 6.07) is 23.7. The number of rotatable bonds is 7. The van der Waals surface area contributed by atoms with Crippen LogP contribution in [0.3, 0.4) is 0 Å². The Kier molecular flexibility index (Phi) is 7.49. The smallest absolute Gasteiger partial charge is 0.269 e. The highest BCUT2D eigenvalue weighted by Gasteiger charge is 2.27. The molecule has 3 aromatic carbocycles. The Labute approximate surface area is 226 Å². The zero-order chi connectivity index (χ0) is 27.4. The average Bonchev–Trinajstić information content (AvgIpc) is 2.98. The molecule has 0 spiro atoms. The normalized spacial score (nSPS) is 13.3. The van der Waals surface area contributed by atoms with Gasteiger partial charge in [-0.1, -0.05) is 54.6 Å². The number of piperazine rings is 1. The van der Waals surface area contributed by atoms with Gasteiger partial charge in [0.15, 0.2) is 5.82 Å². The topological polar surface area (TPSA) is 102 Å². The van der Waals surface area contributed by atoms with Crippen molar-refractivity contribution in [2.45, 2.75) is 13.3 Å². The lowest BCUT2D eigenvalue weighted by Crippen LogP contribution is -2.49. The maximum atomic E-state index is 13.3. The zero-order valence-corrected chi connectivity index (χ0v) is 21.9. The molecule has 0 radical (unpaired) electrons. The molecular weight excluding hydrogens is 494 g/mol. The van der Waals surface area contributed by atoms with Crippen LogP contribution in [0.15, 0.2) is 78.9 Å². The fraction of sp³-hybridized carbons (Fsp3) is 0.233. The number of nitrogens with zero attached hydrogens (tertiary/aromatic N) is 5. The van der Waals surface area contributed by atoms with E-state index in [-0.39, 0.29) is 11.6 Å². The van der Waals surface area contributed by atoms with Crippen molar-refractivity contribution in [3.63, 3.8) is 0 Å². The highest BCUT2D eigenvalue weighted by Crippen LogP contribution is 2.29. The predicted molar refractivity (Wildman–Crippen MR) is 149 cm³/mol. The Morgan fingerprint density at radius 3 is 2.26 bits per heavy atom. The highest BCUT2D eigenvalue weighted by molar-refractivity contribution is 5.97. The Bertz CT molecular complexity index is 1480. The maximum absolute atomic E-state index is 13.3. The molecule has 0 aliphatic carbocycles. The number of hydrogen-bond donors (Lipinski definition) is 0. The third-order valence-corrected chi connectivity index (χ3v) is 6.96. The number of hydrogen-bond acceptors (Lipinski definition) is 7. The molecule has 0 N–H and O–H groups in total. The molecule has 0 atom stereocenters. The van der Waals surface area contributed by atoms with Gasteiger partial charge in [0.05, 0.1) is 17.6 Å². The van der Waals surface area contributed by atoms with E-state index in [9.17, 15) is 14.9 Å². The maximum Gasteiger partial charge on any atom is 0.269 e. The van der Waals surface area contributed by atoms with E-state index in [0.29, 0.717) is 49.7 Å². The molecule has 1 amide bonds. The molecule has 2 heterocycles. The first kappa shape index (κ1) is 25.8. The predicted octanol–water partition coefficient (Wildman–Crippen LogP) is 4.92. The first-order valence-electron chi connectivity index (χ1n) is 12.8. The number of aromatic nitrogens is 2. The van der Waals surface area contributed by atoms with E-state index in [1.165, 1.54) is 12.1 Å². The van der Waals surface area contributed by atoms with E-state index < -0.39 is 4.92 Å². The Morgan fingerprint density at radius 1 is 0.923 bits per heavy atom. The van der Waals surface area contributed by atoms with Crippen LogP contribution in [0.5, 0.6) is 5.75 Å². The summed E-state index contributed by atoms with van der Waals surface area (Å²) in [5.41, 5.74) is 4.29. The minimum atomic E-state index is -0.399. The van der Waals surface area contributed by atoms with Gasteiger partial charge in [-0.15, -0.1) is 0 Å². The van der Waals surface area contributed by atoms with Gasteiger partial charge >= 0.3 is 0 Å². The number of anilines is 1. The van der Waals surface area contributed by atoms with Crippen LogP contribution >= 0.6 is 0 Å². The summed E-state index contributed by atoms with van der Waals surface area (Å²) in [5, 5.41) is 11.1. The van der Waals surface area contributed by atoms with Crippen molar-refractivity contribution < 1.29 is 14.5 Å². The number of carbonyl (C=O) groups is 1. The van der Waals surface area contributed by atoms with Gasteiger partial charge in [0.2, 0.25) is 0 Å². The largest absolute Gasteiger partial charge is 0.496 e. The molecule has 9 nitrogen and oxygen atoms in total. The summed E-state index contributed by atoms with van der Waals surface area (Å²) in [5.74, 6) is 1.98. The van der Waals surface area contributed by atoms with Crippen LogP contribution in [0.2, 0.25) is 0 Å². The van der Waals surface area contributed by atoms with Crippen molar-refractivity contribution in [2.24, 2.45) is 0 Å². The molecule has 198 valence electrons. The molecule has 39 heavy (non-hydrogen) atoms. The number of carbonyl (C=O) groups excluding carboxylic acids is 1. The van der Waals surface area contributed by atoms with E-state index >= 15 is 0 Å². The molecule has 4 aromatic rings. The molecule has 1 fully saturated rings. The lowest BCUT2D eigenvalue weighted by Gasteiger charge is -2.36. The molecule has 1 aliphatic rings. The number of nitro benzene ring substituents is 1. The second-order valence-corrected chi connectivity index (χ2v) is 9.38. The van der Waals surface area contributed by atoms with Crippen molar-refractivity contribution in [3.8, 4) is 17.1 Å². The van der Waals surface area contributed by atoms with Crippen LogP contribution in [-0.4, -0.2) is 59.0 Å². The standard InChI is InChI=1S/C30H29N5O4/c1-21-26(20-22-12-14-24(15-13-22)35(37)38)29(32-28(31-21)23-8-4-3-5-9-23)33-16-18-34(19-17-33)30(36)25-10-6-7-11-27(25)39-2/h3-15H,16-20H2,1-2H3. The first-order valence-corrected chi connectivity index (χ1v) is 12.8. The second-order valence-electron chi connectivity index (χ2n) is 9.38. The van der Waals surface area contributed by atoms with Gasteiger partial charge in [0, 0.05) is 61.6 Å². The summed E-state index contributed by atoms with van der Waals surface area (Å²) in [7, 11) is 1.57. The molecule has 9 heteroatoms. The number of para-hydroxylation sites is 1. The number of nitro groups is 1. The van der Waals surface area contributed by atoms with Gasteiger partial charge in [-0.05, 0) is 24.6 Å². The van der Waals surface area contributed by atoms with Crippen molar-refractivity contribution in [2.75, 3.05) is 38.2 Å². The highest BCUT2D eigenvalue weighted by atomic mass is 16.6. The van der Waals surface area contributed by atoms with Crippen LogP contribution < -0.4 is 9.64 Å². The molecule has 1 aromatic heterocycles. The van der Waals surface area contributed by atoms with Crippen LogP contribution in [0.25, 0.3) is 11.4 Å². The summed E-state index contributed by atoms with van der Waals surface area (Å²) >= 11 is 0. The fourth-order valence-electron chi connectivity index (χ4n) is 4.82. The summed E-state index contributed by atoms with van der Waals surface area (Å²) in [6.07, 6.45) is 0.536. The molecule has 5 rings (SSSR count). The first-order chi connectivity index (χ1) is 18.9. The quantitative estimate of drug-likeness (QED) is 0.250. The fourth-order valence-corrected chi connectivity index (χ4v) is 4.82. The number of ether oxygens (including phenoxy) is 1. The molecular formula is C30H29N5O4. The van der Waals surface area contributed by atoms with Gasteiger partial charge in [0.1, 0.15) is 11.6 Å². The molecule has 0 unspecified atom stereocenters. The number of amides is 1.